The van der Waals surface area contributed by atoms with E-state index in [4.69, 9.17) is 4.42 Å². The quantitative estimate of drug-likeness (QED) is 0.200. The second kappa shape index (κ2) is 10.1. The maximum Gasteiger partial charge on any atom is 0.138 e. The van der Waals surface area contributed by atoms with Crippen molar-refractivity contribution in [2.24, 2.45) is 0 Å². The Balaban J connectivity index is 1.36. The zero-order valence-electron chi connectivity index (χ0n) is 25.5. The summed E-state index contributed by atoms with van der Waals surface area (Å²) in [4.78, 5) is 2.41. The molecule has 0 unspecified atom stereocenters. The molecular formula is C44H28N2O. The third-order valence-corrected chi connectivity index (χ3v) is 9.51. The summed E-state index contributed by atoms with van der Waals surface area (Å²) in [6.07, 6.45) is 0. The Morgan fingerprint density at radius 1 is 0.426 bits per heavy atom. The first-order valence-corrected chi connectivity index (χ1v) is 16.0. The summed E-state index contributed by atoms with van der Waals surface area (Å²) in [6, 6.07) is 60.8. The highest BCUT2D eigenvalue weighted by molar-refractivity contribution is 6.23. The number of fused-ring (bicyclic) bond motifs is 9. The van der Waals surface area contributed by atoms with E-state index in [0.717, 1.165) is 55.6 Å². The Labute approximate surface area is 271 Å². The molecule has 2 heterocycles. The molecule has 0 aliphatic rings. The molecule has 2 aromatic heterocycles. The Kier molecular flexibility index (Phi) is 5.57. The molecule has 0 radical (unpaired) electrons. The molecular weight excluding hydrogens is 572 g/mol. The number of para-hydroxylation sites is 3. The van der Waals surface area contributed by atoms with Crippen molar-refractivity contribution < 1.29 is 4.42 Å². The third-order valence-electron chi connectivity index (χ3n) is 9.51. The van der Waals surface area contributed by atoms with Crippen molar-refractivity contribution in [3.05, 3.63) is 170 Å². The van der Waals surface area contributed by atoms with Crippen LogP contribution >= 0.6 is 0 Å². The molecule has 0 saturated carbocycles. The number of hydrogen-bond donors (Lipinski definition) is 0. The maximum atomic E-state index is 6.52. The standard InChI is InChI=1S/C44H28N2O/c1-3-15-31(16-4-1)45(44-35-20-10-8-14-30(35)27-41-42(44)38-21-11-12-22-40(38)47-41)33-24-26-36-37-25-23-29-13-7-9-19-34(29)43(37)46(39(36)28-33)32-17-5-2-6-18-32/h1-28H. The lowest BCUT2D eigenvalue weighted by Gasteiger charge is -2.28. The number of furan rings is 1. The lowest BCUT2D eigenvalue weighted by atomic mass is 10.0. The fraction of sp³-hybridized carbons (Fsp3) is 0. The van der Waals surface area contributed by atoms with Crippen LogP contribution in [0.3, 0.4) is 0 Å². The molecule has 0 bridgehead atoms. The summed E-state index contributed by atoms with van der Waals surface area (Å²) >= 11 is 0. The highest BCUT2D eigenvalue weighted by Crippen LogP contribution is 2.48. The van der Waals surface area contributed by atoms with Crippen molar-refractivity contribution >= 4 is 82.4 Å². The SMILES string of the molecule is c1ccc(N(c2ccc3c4ccc5ccccc5c4n(-c4ccccc4)c3c2)c2c3ccccc3cc3oc4ccccc4c23)cc1. The monoisotopic (exact) mass is 600 g/mol. The minimum absolute atomic E-state index is 0.881. The van der Waals surface area contributed by atoms with E-state index in [9.17, 15) is 0 Å². The molecule has 0 fully saturated rings. The van der Waals surface area contributed by atoms with Crippen molar-refractivity contribution in [3.63, 3.8) is 0 Å². The van der Waals surface area contributed by atoms with Crippen LogP contribution in [-0.4, -0.2) is 4.57 Å². The van der Waals surface area contributed by atoms with Gasteiger partial charge in [0.25, 0.3) is 0 Å². The molecule has 10 aromatic rings. The van der Waals surface area contributed by atoms with Gasteiger partial charge < -0.3 is 13.9 Å². The topological polar surface area (TPSA) is 21.3 Å². The van der Waals surface area contributed by atoms with E-state index < -0.39 is 0 Å². The highest BCUT2D eigenvalue weighted by atomic mass is 16.3. The van der Waals surface area contributed by atoms with Gasteiger partial charge in [-0.3, -0.25) is 0 Å². The van der Waals surface area contributed by atoms with Gasteiger partial charge in [-0.15, -0.1) is 0 Å². The molecule has 47 heavy (non-hydrogen) atoms. The van der Waals surface area contributed by atoms with Gasteiger partial charge in [-0.25, -0.2) is 0 Å². The molecule has 0 spiro atoms. The number of anilines is 3. The van der Waals surface area contributed by atoms with E-state index >= 15 is 0 Å². The predicted octanol–water partition coefficient (Wildman–Crippen LogP) is 12.5. The van der Waals surface area contributed by atoms with Crippen LogP contribution in [0.4, 0.5) is 17.1 Å². The Bertz CT molecular complexity index is 2790. The van der Waals surface area contributed by atoms with E-state index in [1.807, 2.05) is 6.07 Å². The van der Waals surface area contributed by atoms with Crippen LogP contribution in [0.25, 0.3) is 71.0 Å². The van der Waals surface area contributed by atoms with Crippen LogP contribution in [0.2, 0.25) is 0 Å². The molecule has 3 nitrogen and oxygen atoms in total. The first-order chi connectivity index (χ1) is 23.3. The molecule has 10 rings (SSSR count). The summed E-state index contributed by atoms with van der Waals surface area (Å²) in [5, 5.41) is 9.47. The number of hydrogen-bond acceptors (Lipinski definition) is 2. The summed E-state index contributed by atoms with van der Waals surface area (Å²) in [5.41, 5.74) is 8.57. The number of aromatic nitrogens is 1. The smallest absolute Gasteiger partial charge is 0.138 e. The average Bonchev–Trinajstić information content (AvgIpc) is 3.68. The van der Waals surface area contributed by atoms with Crippen molar-refractivity contribution in [2.45, 2.75) is 0 Å². The van der Waals surface area contributed by atoms with Crippen LogP contribution in [0, 0.1) is 0 Å². The second-order valence-corrected chi connectivity index (χ2v) is 12.1. The van der Waals surface area contributed by atoms with Gasteiger partial charge in [0.1, 0.15) is 11.2 Å². The van der Waals surface area contributed by atoms with E-state index in [2.05, 4.69) is 173 Å². The van der Waals surface area contributed by atoms with Crippen molar-refractivity contribution in [2.75, 3.05) is 4.90 Å². The Morgan fingerprint density at radius 2 is 1.09 bits per heavy atom. The van der Waals surface area contributed by atoms with Crippen molar-refractivity contribution in [3.8, 4) is 5.69 Å². The fourth-order valence-corrected chi connectivity index (χ4v) is 7.49. The minimum atomic E-state index is 0.881. The van der Waals surface area contributed by atoms with Crippen molar-refractivity contribution in [1.29, 1.82) is 0 Å². The van der Waals surface area contributed by atoms with Crippen molar-refractivity contribution in [1.82, 2.24) is 4.57 Å². The largest absolute Gasteiger partial charge is 0.456 e. The van der Waals surface area contributed by atoms with Crippen LogP contribution in [0.15, 0.2) is 174 Å². The zero-order valence-corrected chi connectivity index (χ0v) is 25.5. The molecule has 0 aliphatic heterocycles. The van der Waals surface area contributed by atoms with Crippen LogP contribution in [0.5, 0.6) is 0 Å². The normalized spacial score (nSPS) is 11.8. The van der Waals surface area contributed by atoms with Gasteiger partial charge in [-0.1, -0.05) is 121 Å². The summed E-state index contributed by atoms with van der Waals surface area (Å²) in [5.74, 6) is 0. The van der Waals surface area contributed by atoms with E-state index in [1.54, 1.807) is 0 Å². The van der Waals surface area contributed by atoms with Gasteiger partial charge in [-0.05, 0) is 59.3 Å². The van der Waals surface area contributed by atoms with E-state index in [0.29, 0.717) is 0 Å². The molecule has 3 heteroatoms. The summed E-state index contributed by atoms with van der Waals surface area (Å²) in [6.45, 7) is 0. The maximum absolute atomic E-state index is 6.52. The van der Waals surface area contributed by atoms with Crippen LogP contribution in [-0.2, 0) is 0 Å². The number of benzene rings is 8. The Hall–Kier alpha value is -6.32. The van der Waals surface area contributed by atoms with E-state index in [1.165, 1.54) is 32.4 Å². The first-order valence-electron chi connectivity index (χ1n) is 16.0. The molecule has 0 aliphatic carbocycles. The van der Waals surface area contributed by atoms with Gasteiger partial charge in [0.2, 0.25) is 0 Å². The van der Waals surface area contributed by atoms with Crippen LogP contribution < -0.4 is 4.90 Å². The highest BCUT2D eigenvalue weighted by Gasteiger charge is 2.24. The van der Waals surface area contributed by atoms with Gasteiger partial charge in [0.15, 0.2) is 0 Å². The molecule has 0 amide bonds. The van der Waals surface area contributed by atoms with E-state index in [-0.39, 0.29) is 0 Å². The Morgan fingerprint density at radius 3 is 1.91 bits per heavy atom. The number of nitrogens with zero attached hydrogens (tertiary/aromatic N) is 2. The molecule has 0 atom stereocenters. The second-order valence-electron chi connectivity index (χ2n) is 12.1. The molecule has 0 saturated heterocycles. The van der Waals surface area contributed by atoms with Gasteiger partial charge in [0, 0.05) is 44.0 Å². The van der Waals surface area contributed by atoms with Gasteiger partial charge in [0.05, 0.1) is 22.1 Å². The molecule has 220 valence electrons. The third kappa shape index (κ3) is 3.87. The van der Waals surface area contributed by atoms with Gasteiger partial charge in [-0.2, -0.15) is 0 Å². The zero-order chi connectivity index (χ0) is 30.9. The van der Waals surface area contributed by atoms with Crippen LogP contribution in [0.1, 0.15) is 0 Å². The molecule has 8 aromatic carbocycles. The molecule has 0 N–H and O–H groups in total. The predicted molar refractivity (Wildman–Crippen MR) is 198 cm³/mol. The summed E-state index contributed by atoms with van der Waals surface area (Å²) in [7, 11) is 0. The summed E-state index contributed by atoms with van der Waals surface area (Å²) < 4.78 is 8.96. The average molecular weight is 601 g/mol. The lowest BCUT2D eigenvalue weighted by molar-refractivity contribution is 0.669. The lowest BCUT2D eigenvalue weighted by Crippen LogP contribution is -2.11. The first kappa shape index (κ1) is 26.0. The van der Waals surface area contributed by atoms with Gasteiger partial charge >= 0.3 is 0 Å². The minimum Gasteiger partial charge on any atom is -0.456 e. The number of rotatable bonds is 4. The fourth-order valence-electron chi connectivity index (χ4n) is 7.49.